The summed E-state index contributed by atoms with van der Waals surface area (Å²) < 4.78 is 31.8. The zero-order valence-corrected chi connectivity index (χ0v) is 15.3. The molecule has 0 aliphatic heterocycles. The van der Waals surface area contributed by atoms with Gasteiger partial charge in [0.2, 0.25) is 0 Å². The van der Waals surface area contributed by atoms with Crippen molar-refractivity contribution in [3.05, 3.63) is 48.1 Å². The molecule has 0 unspecified atom stereocenters. The predicted octanol–water partition coefficient (Wildman–Crippen LogP) is 5.77. The predicted molar refractivity (Wildman–Crippen MR) is 97.7 cm³/mol. The second-order valence-corrected chi connectivity index (χ2v) is 7.90. The van der Waals surface area contributed by atoms with Crippen LogP contribution in [-0.2, 0) is 9.53 Å². The Morgan fingerprint density at radius 1 is 1.00 bits per heavy atom. The Morgan fingerprint density at radius 3 is 2.19 bits per heavy atom. The van der Waals surface area contributed by atoms with Gasteiger partial charge in [-0.1, -0.05) is 12.6 Å². The van der Waals surface area contributed by atoms with Gasteiger partial charge in [-0.05, 0) is 92.7 Å². The van der Waals surface area contributed by atoms with Gasteiger partial charge in [0.25, 0.3) is 0 Å². The van der Waals surface area contributed by atoms with Crippen molar-refractivity contribution >= 4 is 5.97 Å². The lowest BCUT2D eigenvalue weighted by Gasteiger charge is -2.37. The lowest BCUT2D eigenvalue weighted by Crippen LogP contribution is -2.27. The first kappa shape index (κ1) is 19.1. The molecule has 2 nitrogen and oxygen atoms in total. The summed E-state index contributed by atoms with van der Waals surface area (Å²) in [5, 5.41) is 0. The summed E-state index contributed by atoms with van der Waals surface area (Å²) in [4.78, 5) is 11.2. The summed E-state index contributed by atoms with van der Waals surface area (Å²) in [5.74, 6) is 0.505. The van der Waals surface area contributed by atoms with Crippen molar-refractivity contribution in [2.75, 3.05) is 6.61 Å². The molecule has 2 saturated carbocycles. The molecule has 0 heterocycles. The van der Waals surface area contributed by atoms with Crippen LogP contribution >= 0.6 is 0 Å². The number of ether oxygens (including phenoxy) is 1. The molecule has 3 rings (SSSR count). The molecule has 2 aliphatic rings. The summed E-state index contributed by atoms with van der Waals surface area (Å²) in [7, 11) is 0. The Balaban J connectivity index is 1.43. The number of carbonyl (C=O) groups is 1. The monoisotopic (exact) mass is 362 g/mol. The summed E-state index contributed by atoms with van der Waals surface area (Å²) in [6.45, 7) is 3.94. The molecule has 4 heteroatoms. The average molecular weight is 362 g/mol. The Labute approximate surface area is 154 Å². The molecule has 142 valence electrons. The van der Waals surface area contributed by atoms with Gasteiger partial charge in [0, 0.05) is 6.08 Å². The van der Waals surface area contributed by atoms with E-state index >= 15 is 0 Å². The van der Waals surface area contributed by atoms with Gasteiger partial charge in [0.05, 0.1) is 6.61 Å². The highest BCUT2D eigenvalue weighted by atomic mass is 19.2. The van der Waals surface area contributed by atoms with E-state index in [0.29, 0.717) is 18.4 Å². The van der Waals surface area contributed by atoms with Gasteiger partial charge in [0.15, 0.2) is 11.6 Å². The highest BCUT2D eigenvalue weighted by molar-refractivity contribution is 5.81. The summed E-state index contributed by atoms with van der Waals surface area (Å²) >= 11 is 0. The fraction of sp³-hybridized carbons (Fsp3) is 0.591. The van der Waals surface area contributed by atoms with Gasteiger partial charge < -0.3 is 4.74 Å². The van der Waals surface area contributed by atoms with Crippen LogP contribution in [-0.4, -0.2) is 12.6 Å². The van der Waals surface area contributed by atoms with Crippen LogP contribution in [0.15, 0.2) is 30.9 Å². The van der Waals surface area contributed by atoms with Crippen molar-refractivity contribution in [2.24, 2.45) is 17.8 Å². The van der Waals surface area contributed by atoms with E-state index in [-0.39, 0.29) is 5.97 Å². The first-order valence-corrected chi connectivity index (χ1v) is 9.81. The largest absolute Gasteiger partial charge is 0.462 e. The van der Waals surface area contributed by atoms with Crippen molar-refractivity contribution in [1.29, 1.82) is 0 Å². The van der Waals surface area contributed by atoms with Gasteiger partial charge in [0.1, 0.15) is 0 Å². The van der Waals surface area contributed by atoms with Gasteiger partial charge in [-0.25, -0.2) is 13.6 Å². The number of benzene rings is 1. The molecule has 0 radical (unpaired) electrons. The zero-order valence-electron chi connectivity index (χ0n) is 15.3. The summed E-state index contributed by atoms with van der Waals surface area (Å²) in [6.07, 6.45) is 10.3. The molecule has 0 bridgehead atoms. The summed E-state index contributed by atoms with van der Waals surface area (Å²) in [6, 6.07) is 4.35. The first-order chi connectivity index (χ1) is 12.6. The molecular weight excluding hydrogens is 334 g/mol. The fourth-order valence-corrected chi connectivity index (χ4v) is 4.78. The Bertz CT molecular complexity index is 627. The standard InChI is InChI=1S/C22H28F2O2/c1-2-22(25)26-14-15-3-5-16(6-4-15)17-7-9-18(10-8-17)19-11-12-20(23)21(24)13-19/h2,11-13,15-18H,1,3-10,14H2. The molecule has 0 spiro atoms. The van der Waals surface area contributed by atoms with E-state index in [1.807, 2.05) is 0 Å². The molecule has 1 aromatic carbocycles. The normalized spacial score (nSPS) is 29.2. The topological polar surface area (TPSA) is 26.3 Å². The second-order valence-electron chi connectivity index (χ2n) is 7.90. The van der Waals surface area contributed by atoms with E-state index in [0.717, 1.165) is 43.1 Å². The lowest BCUT2D eigenvalue weighted by molar-refractivity contribution is -0.139. The van der Waals surface area contributed by atoms with Crippen molar-refractivity contribution in [2.45, 2.75) is 57.3 Å². The van der Waals surface area contributed by atoms with Crippen LogP contribution in [0.1, 0.15) is 62.8 Å². The molecule has 0 saturated heterocycles. The maximum absolute atomic E-state index is 13.5. The lowest BCUT2D eigenvalue weighted by atomic mass is 9.68. The smallest absolute Gasteiger partial charge is 0.330 e. The van der Waals surface area contributed by atoms with Crippen LogP contribution in [0.4, 0.5) is 8.78 Å². The number of carbonyl (C=O) groups excluding carboxylic acids is 1. The number of halogens is 2. The van der Waals surface area contributed by atoms with E-state index in [1.165, 1.54) is 43.9 Å². The molecule has 2 aliphatic carbocycles. The van der Waals surface area contributed by atoms with Gasteiger partial charge in [-0.3, -0.25) is 0 Å². The minimum Gasteiger partial charge on any atom is -0.462 e. The van der Waals surface area contributed by atoms with Crippen molar-refractivity contribution in [3.8, 4) is 0 Å². The quantitative estimate of drug-likeness (QED) is 0.491. The second kappa shape index (κ2) is 8.79. The molecule has 2 fully saturated rings. The van der Waals surface area contributed by atoms with Crippen LogP contribution < -0.4 is 0 Å². The third-order valence-corrected chi connectivity index (χ3v) is 6.37. The highest BCUT2D eigenvalue weighted by Crippen LogP contribution is 2.44. The SMILES string of the molecule is C=CC(=O)OCC1CCC(C2CCC(c3ccc(F)c(F)c3)CC2)CC1. The van der Waals surface area contributed by atoms with E-state index < -0.39 is 11.6 Å². The minimum absolute atomic E-state index is 0.331. The maximum atomic E-state index is 13.5. The Morgan fingerprint density at radius 2 is 1.62 bits per heavy atom. The van der Waals surface area contributed by atoms with Gasteiger partial charge >= 0.3 is 5.97 Å². The zero-order chi connectivity index (χ0) is 18.5. The summed E-state index contributed by atoms with van der Waals surface area (Å²) in [5.41, 5.74) is 0.940. The molecule has 0 N–H and O–H groups in total. The molecule has 0 atom stereocenters. The van der Waals surface area contributed by atoms with Crippen LogP contribution in [0.2, 0.25) is 0 Å². The van der Waals surface area contributed by atoms with Gasteiger partial charge in [-0.2, -0.15) is 0 Å². The Hall–Kier alpha value is -1.71. The van der Waals surface area contributed by atoms with E-state index in [4.69, 9.17) is 4.74 Å². The third kappa shape index (κ3) is 4.72. The van der Waals surface area contributed by atoms with E-state index in [1.54, 1.807) is 6.07 Å². The van der Waals surface area contributed by atoms with Crippen molar-refractivity contribution in [1.82, 2.24) is 0 Å². The van der Waals surface area contributed by atoms with Gasteiger partial charge in [-0.15, -0.1) is 0 Å². The number of rotatable bonds is 5. The van der Waals surface area contributed by atoms with Crippen LogP contribution in [0.3, 0.4) is 0 Å². The highest BCUT2D eigenvalue weighted by Gasteiger charge is 2.31. The van der Waals surface area contributed by atoms with Crippen molar-refractivity contribution in [3.63, 3.8) is 0 Å². The molecule has 1 aromatic rings. The third-order valence-electron chi connectivity index (χ3n) is 6.37. The molecular formula is C22H28F2O2. The van der Waals surface area contributed by atoms with E-state index in [9.17, 15) is 13.6 Å². The molecule has 0 amide bonds. The van der Waals surface area contributed by atoms with Crippen molar-refractivity contribution < 1.29 is 18.3 Å². The fourth-order valence-electron chi connectivity index (χ4n) is 4.78. The first-order valence-electron chi connectivity index (χ1n) is 9.81. The minimum atomic E-state index is -0.766. The number of hydrogen-bond donors (Lipinski definition) is 0. The average Bonchev–Trinajstić information content (AvgIpc) is 2.69. The van der Waals surface area contributed by atoms with E-state index in [2.05, 4.69) is 6.58 Å². The molecule has 26 heavy (non-hydrogen) atoms. The van der Waals surface area contributed by atoms with Crippen LogP contribution in [0.5, 0.6) is 0 Å². The Kier molecular flexibility index (Phi) is 6.44. The number of esters is 1. The molecule has 0 aromatic heterocycles. The van der Waals surface area contributed by atoms with Crippen LogP contribution in [0.25, 0.3) is 0 Å². The van der Waals surface area contributed by atoms with Crippen LogP contribution in [0, 0.1) is 29.4 Å². The maximum Gasteiger partial charge on any atom is 0.330 e. The number of hydrogen-bond acceptors (Lipinski definition) is 2.